The van der Waals surface area contributed by atoms with Gasteiger partial charge in [0.1, 0.15) is 17.3 Å². The van der Waals surface area contributed by atoms with Gasteiger partial charge in [-0.25, -0.2) is 8.78 Å². The lowest BCUT2D eigenvalue weighted by molar-refractivity contribution is 0.605. The first kappa shape index (κ1) is 13.6. The topological polar surface area (TPSA) is 69.6 Å². The predicted octanol–water partition coefficient (Wildman–Crippen LogP) is 2.95. The van der Waals surface area contributed by atoms with Crippen molar-refractivity contribution in [2.24, 2.45) is 0 Å². The fourth-order valence-electron chi connectivity index (χ4n) is 1.88. The zero-order valence-electron chi connectivity index (χ0n) is 10.5. The van der Waals surface area contributed by atoms with Crippen LogP contribution in [0.15, 0.2) is 40.9 Å². The number of hydrogen-bond donors (Lipinski definition) is 1. The maximum atomic E-state index is 14.0. The Labute approximate surface area is 126 Å². The third kappa shape index (κ3) is 2.49. The van der Waals surface area contributed by atoms with Gasteiger partial charge in [-0.05, 0) is 46.8 Å². The summed E-state index contributed by atoms with van der Waals surface area (Å²) in [7, 11) is 0. The summed E-state index contributed by atoms with van der Waals surface area (Å²) in [6, 6.07) is 8.43. The smallest absolute Gasteiger partial charge is 0.190 e. The van der Waals surface area contributed by atoms with Crippen molar-refractivity contribution < 1.29 is 8.78 Å². The third-order valence-corrected chi connectivity index (χ3v) is 3.33. The summed E-state index contributed by atoms with van der Waals surface area (Å²) >= 11 is 3.17. The monoisotopic (exact) mass is 351 g/mol. The van der Waals surface area contributed by atoms with Crippen LogP contribution in [-0.4, -0.2) is 20.2 Å². The first-order valence-electron chi connectivity index (χ1n) is 5.85. The molecule has 3 aromatic rings. The quantitative estimate of drug-likeness (QED) is 0.720. The molecule has 0 bridgehead atoms. The molecule has 0 amide bonds. The Bertz CT molecular complexity index is 818. The number of tetrazole rings is 1. The van der Waals surface area contributed by atoms with Crippen LogP contribution < -0.4 is 5.73 Å². The first-order chi connectivity index (χ1) is 10.1. The van der Waals surface area contributed by atoms with E-state index < -0.39 is 11.6 Å². The minimum Gasteiger partial charge on any atom is -0.399 e. The zero-order chi connectivity index (χ0) is 15.0. The number of aromatic nitrogens is 4. The Morgan fingerprint density at radius 2 is 1.86 bits per heavy atom. The average Bonchev–Trinajstić information content (AvgIpc) is 2.90. The van der Waals surface area contributed by atoms with Crippen LogP contribution in [-0.2, 0) is 0 Å². The van der Waals surface area contributed by atoms with Crippen LogP contribution in [0.3, 0.4) is 0 Å². The molecule has 5 nitrogen and oxygen atoms in total. The molecule has 8 heteroatoms. The van der Waals surface area contributed by atoms with Crippen LogP contribution in [0.2, 0.25) is 0 Å². The van der Waals surface area contributed by atoms with Crippen molar-refractivity contribution in [2.45, 2.75) is 0 Å². The number of nitrogens with two attached hydrogens (primary N) is 1. The van der Waals surface area contributed by atoms with Crippen molar-refractivity contribution >= 4 is 21.6 Å². The van der Waals surface area contributed by atoms with Gasteiger partial charge < -0.3 is 5.73 Å². The van der Waals surface area contributed by atoms with E-state index in [0.29, 0.717) is 10.2 Å². The molecule has 0 unspecified atom stereocenters. The summed E-state index contributed by atoms with van der Waals surface area (Å²) in [6.45, 7) is 0. The highest BCUT2D eigenvalue weighted by Gasteiger charge is 2.17. The van der Waals surface area contributed by atoms with Crippen LogP contribution >= 0.6 is 15.9 Å². The van der Waals surface area contributed by atoms with E-state index in [1.54, 1.807) is 6.07 Å². The SMILES string of the molecule is Nc1ccc(F)c(-c2nnnn2-c2ccc(Br)cc2F)c1. The molecular formula is C13H8BrF2N5. The second-order valence-electron chi connectivity index (χ2n) is 4.25. The van der Waals surface area contributed by atoms with Crippen molar-refractivity contribution in [2.75, 3.05) is 5.73 Å². The number of nitrogens with zero attached hydrogens (tertiary/aromatic N) is 4. The molecule has 0 radical (unpaired) electrons. The number of halogens is 3. The molecule has 0 saturated carbocycles. The first-order valence-corrected chi connectivity index (χ1v) is 6.65. The summed E-state index contributed by atoms with van der Waals surface area (Å²) in [4.78, 5) is 0. The Kier molecular flexibility index (Phi) is 3.38. The van der Waals surface area contributed by atoms with Crippen molar-refractivity contribution in [3.8, 4) is 17.1 Å². The van der Waals surface area contributed by atoms with E-state index in [1.165, 1.54) is 30.3 Å². The molecule has 2 aromatic carbocycles. The molecule has 1 aromatic heterocycles. The van der Waals surface area contributed by atoms with E-state index in [9.17, 15) is 8.78 Å². The molecule has 2 N–H and O–H groups in total. The molecule has 0 saturated heterocycles. The average molecular weight is 352 g/mol. The van der Waals surface area contributed by atoms with Gasteiger partial charge >= 0.3 is 0 Å². The number of benzene rings is 2. The summed E-state index contributed by atoms with van der Waals surface area (Å²) < 4.78 is 29.7. The predicted molar refractivity (Wildman–Crippen MR) is 76.6 cm³/mol. The second kappa shape index (κ2) is 5.21. The summed E-state index contributed by atoms with van der Waals surface area (Å²) in [5, 5.41) is 11.0. The van der Waals surface area contributed by atoms with E-state index in [1.807, 2.05) is 0 Å². The number of rotatable bonds is 2. The maximum Gasteiger partial charge on any atom is 0.190 e. The van der Waals surface area contributed by atoms with Crippen LogP contribution in [0.1, 0.15) is 0 Å². The Balaban J connectivity index is 2.19. The molecule has 0 aliphatic heterocycles. The van der Waals surface area contributed by atoms with Crippen LogP contribution in [0.5, 0.6) is 0 Å². The summed E-state index contributed by atoms with van der Waals surface area (Å²) in [6.07, 6.45) is 0. The molecule has 0 spiro atoms. The van der Waals surface area contributed by atoms with Gasteiger partial charge in [0.2, 0.25) is 0 Å². The number of anilines is 1. The van der Waals surface area contributed by atoms with Crippen molar-refractivity contribution in [1.82, 2.24) is 20.2 Å². The Morgan fingerprint density at radius 3 is 2.62 bits per heavy atom. The van der Waals surface area contributed by atoms with Gasteiger partial charge in [-0.15, -0.1) is 5.10 Å². The van der Waals surface area contributed by atoms with Crippen molar-refractivity contribution in [1.29, 1.82) is 0 Å². The third-order valence-electron chi connectivity index (χ3n) is 2.84. The van der Waals surface area contributed by atoms with E-state index in [-0.39, 0.29) is 17.1 Å². The fraction of sp³-hybridized carbons (Fsp3) is 0. The normalized spacial score (nSPS) is 10.8. The van der Waals surface area contributed by atoms with Gasteiger partial charge in [0.25, 0.3) is 0 Å². The highest BCUT2D eigenvalue weighted by molar-refractivity contribution is 9.10. The van der Waals surface area contributed by atoms with Gasteiger partial charge in [-0.2, -0.15) is 4.68 Å². The standard InChI is InChI=1S/C13H8BrF2N5/c14-7-1-4-12(11(16)5-7)21-13(18-19-20-21)9-6-8(17)2-3-10(9)15/h1-6H,17H2. The fourth-order valence-corrected chi connectivity index (χ4v) is 2.22. The van der Waals surface area contributed by atoms with Crippen LogP contribution in [0.4, 0.5) is 14.5 Å². The van der Waals surface area contributed by atoms with Crippen LogP contribution in [0, 0.1) is 11.6 Å². The van der Waals surface area contributed by atoms with Gasteiger partial charge in [0.15, 0.2) is 5.82 Å². The minimum atomic E-state index is -0.544. The zero-order valence-corrected chi connectivity index (χ0v) is 12.1. The molecule has 0 atom stereocenters. The minimum absolute atomic E-state index is 0.0704. The number of nitrogen functional groups attached to an aromatic ring is 1. The Hall–Kier alpha value is -2.35. The largest absolute Gasteiger partial charge is 0.399 e. The summed E-state index contributed by atoms with van der Waals surface area (Å²) in [5.74, 6) is -1.01. The molecule has 1 heterocycles. The van der Waals surface area contributed by atoms with Gasteiger partial charge in [-0.1, -0.05) is 15.9 Å². The second-order valence-corrected chi connectivity index (χ2v) is 5.16. The highest BCUT2D eigenvalue weighted by atomic mass is 79.9. The van der Waals surface area contributed by atoms with E-state index >= 15 is 0 Å². The molecule has 0 aliphatic carbocycles. The van der Waals surface area contributed by atoms with Gasteiger partial charge in [-0.3, -0.25) is 0 Å². The summed E-state index contributed by atoms with van der Waals surface area (Å²) in [5.41, 5.74) is 6.22. The molecule has 0 fully saturated rings. The molecular weight excluding hydrogens is 344 g/mol. The van der Waals surface area contributed by atoms with Crippen LogP contribution in [0.25, 0.3) is 17.1 Å². The van der Waals surface area contributed by atoms with Crippen molar-refractivity contribution in [3.05, 3.63) is 52.5 Å². The van der Waals surface area contributed by atoms with Gasteiger partial charge in [0, 0.05) is 10.2 Å². The molecule has 0 aliphatic rings. The van der Waals surface area contributed by atoms with E-state index in [4.69, 9.17) is 5.73 Å². The maximum absolute atomic E-state index is 14.0. The van der Waals surface area contributed by atoms with E-state index in [2.05, 4.69) is 31.5 Å². The molecule has 21 heavy (non-hydrogen) atoms. The van der Waals surface area contributed by atoms with E-state index in [0.717, 1.165) is 4.68 Å². The molecule has 3 rings (SSSR count). The number of hydrogen-bond acceptors (Lipinski definition) is 4. The van der Waals surface area contributed by atoms with Gasteiger partial charge in [0.05, 0.1) is 5.56 Å². The Morgan fingerprint density at radius 1 is 1.05 bits per heavy atom. The lowest BCUT2D eigenvalue weighted by atomic mass is 10.1. The lowest BCUT2D eigenvalue weighted by Gasteiger charge is -2.07. The molecule has 106 valence electrons. The van der Waals surface area contributed by atoms with Crippen molar-refractivity contribution in [3.63, 3.8) is 0 Å². The lowest BCUT2D eigenvalue weighted by Crippen LogP contribution is -2.04. The highest BCUT2D eigenvalue weighted by Crippen LogP contribution is 2.26.